The average Bonchev–Trinajstić information content (AvgIpc) is 3.05. The molecule has 0 saturated heterocycles. The molecule has 0 aliphatic carbocycles. The highest BCUT2D eigenvalue weighted by atomic mass is 32.1. The van der Waals surface area contributed by atoms with Gasteiger partial charge in [0.05, 0.1) is 6.04 Å². The number of benzene rings is 1. The minimum Gasteiger partial charge on any atom is -0.380 e. The monoisotopic (exact) mass is 318 g/mol. The Morgan fingerprint density at radius 2 is 2.14 bits per heavy atom. The van der Waals surface area contributed by atoms with Crippen molar-refractivity contribution in [2.45, 2.75) is 44.8 Å². The summed E-state index contributed by atoms with van der Waals surface area (Å²) in [6, 6.07) is 9.72. The Labute approximate surface area is 135 Å². The van der Waals surface area contributed by atoms with Gasteiger partial charge in [-0.3, -0.25) is 4.79 Å². The van der Waals surface area contributed by atoms with Gasteiger partial charge >= 0.3 is 0 Å². The first-order valence-electron chi connectivity index (χ1n) is 7.49. The minimum atomic E-state index is -1.39. The maximum absolute atomic E-state index is 12.4. The number of carbonyl (C=O) groups excluding carboxylic acids is 1. The molecule has 2 rings (SSSR count). The largest absolute Gasteiger partial charge is 0.380 e. The van der Waals surface area contributed by atoms with Crippen molar-refractivity contribution in [1.29, 1.82) is 0 Å². The predicted molar refractivity (Wildman–Crippen MR) is 88.7 cm³/mol. The van der Waals surface area contributed by atoms with Gasteiger partial charge in [-0.1, -0.05) is 37.3 Å². The lowest BCUT2D eigenvalue weighted by Crippen LogP contribution is -2.46. The zero-order chi connectivity index (χ0) is 16.0. The first-order chi connectivity index (χ1) is 10.5. The maximum Gasteiger partial charge on any atom is 0.252 e. The zero-order valence-corrected chi connectivity index (χ0v) is 13.8. The summed E-state index contributed by atoms with van der Waals surface area (Å²) < 4.78 is 0. The third kappa shape index (κ3) is 4.39. The van der Waals surface area contributed by atoms with Gasteiger partial charge in [0.25, 0.3) is 5.91 Å². The van der Waals surface area contributed by atoms with E-state index in [0.717, 1.165) is 17.0 Å². The zero-order valence-electron chi connectivity index (χ0n) is 13.0. The fourth-order valence-electron chi connectivity index (χ4n) is 2.20. The van der Waals surface area contributed by atoms with Crippen molar-refractivity contribution >= 4 is 17.2 Å². The van der Waals surface area contributed by atoms with Crippen LogP contribution in [-0.4, -0.2) is 21.6 Å². The van der Waals surface area contributed by atoms with E-state index in [-0.39, 0.29) is 11.9 Å². The number of carbonyl (C=O) groups is 1. The van der Waals surface area contributed by atoms with E-state index in [1.807, 2.05) is 42.6 Å². The van der Waals surface area contributed by atoms with E-state index in [0.29, 0.717) is 12.8 Å². The lowest BCUT2D eigenvalue weighted by atomic mass is 9.95. The highest BCUT2D eigenvalue weighted by Crippen LogP contribution is 2.21. The number of nitrogens with one attached hydrogen (secondary N) is 1. The third-order valence-corrected chi connectivity index (χ3v) is 4.58. The molecule has 2 aromatic rings. The maximum atomic E-state index is 12.4. The van der Waals surface area contributed by atoms with Crippen LogP contribution in [0.5, 0.6) is 0 Å². The van der Waals surface area contributed by atoms with E-state index >= 15 is 0 Å². The molecule has 0 radical (unpaired) electrons. The van der Waals surface area contributed by atoms with Gasteiger partial charge in [0.1, 0.15) is 10.6 Å². The quantitative estimate of drug-likeness (QED) is 0.824. The molecule has 0 saturated carbocycles. The van der Waals surface area contributed by atoms with Crippen LogP contribution in [0, 0.1) is 0 Å². The number of rotatable bonds is 7. The summed E-state index contributed by atoms with van der Waals surface area (Å²) in [5.41, 5.74) is -0.275. The Kier molecular flexibility index (Phi) is 5.69. The van der Waals surface area contributed by atoms with Crippen LogP contribution in [0.25, 0.3) is 0 Å². The molecule has 4 nitrogen and oxygen atoms in total. The van der Waals surface area contributed by atoms with Gasteiger partial charge in [0, 0.05) is 11.6 Å². The molecular formula is C17H22N2O2S. The normalized spacial score (nSPS) is 15.0. The number of thiazole rings is 1. The predicted octanol–water partition coefficient (Wildman–Crippen LogP) is 3.09. The number of nitrogens with zero attached hydrogens (tertiary/aromatic N) is 1. The van der Waals surface area contributed by atoms with Gasteiger partial charge in [-0.25, -0.2) is 4.98 Å². The molecule has 22 heavy (non-hydrogen) atoms. The summed E-state index contributed by atoms with van der Waals surface area (Å²) in [6.07, 6.45) is 3.52. The molecule has 0 spiro atoms. The lowest BCUT2D eigenvalue weighted by molar-refractivity contribution is -0.139. The van der Waals surface area contributed by atoms with E-state index < -0.39 is 5.60 Å². The summed E-state index contributed by atoms with van der Waals surface area (Å²) in [5.74, 6) is -0.342. The first-order valence-corrected chi connectivity index (χ1v) is 8.37. The van der Waals surface area contributed by atoms with Crippen molar-refractivity contribution < 1.29 is 9.90 Å². The second-order valence-corrected chi connectivity index (χ2v) is 6.49. The van der Waals surface area contributed by atoms with Crippen LogP contribution in [0.15, 0.2) is 41.9 Å². The van der Waals surface area contributed by atoms with Crippen LogP contribution >= 0.6 is 11.3 Å². The molecule has 0 aliphatic rings. The Balaban J connectivity index is 1.94. The molecule has 1 aromatic carbocycles. The first kappa shape index (κ1) is 16.6. The molecule has 1 heterocycles. The van der Waals surface area contributed by atoms with Crippen molar-refractivity contribution in [1.82, 2.24) is 10.3 Å². The number of hydrogen-bond acceptors (Lipinski definition) is 4. The number of aryl methyl sites for hydroxylation is 1. The molecule has 2 atom stereocenters. The van der Waals surface area contributed by atoms with Crippen LogP contribution in [0.1, 0.15) is 43.3 Å². The topological polar surface area (TPSA) is 62.2 Å². The molecule has 0 unspecified atom stereocenters. The second-order valence-electron chi connectivity index (χ2n) is 5.56. The summed E-state index contributed by atoms with van der Waals surface area (Å²) >= 11 is 1.51. The van der Waals surface area contributed by atoms with Crippen LogP contribution in [0.4, 0.5) is 0 Å². The number of aliphatic hydroxyl groups is 1. The van der Waals surface area contributed by atoms with Crippen LogP contribution in [0.2, 0.25) is 0 Å². The summed E-state index contributed by atoms with van der Waals surface area (Å²) in [6.45, 7) is 3.56. The Morgan fingerprint density at radius 3 is 2.73 bits per heavy atom. The fraction of sp³-hybridized carbons (Fsp3) is 0.412. The average molecular weight is 318 g/mol. The molecular weight excluding hydrogens is 296 g/mol. The van der Waals surface area contributed by atoms with Gasteiger partial charge in [-0.05, 0) is 31.7 Å². The molecule has 0 bridgehead atoms. The molecule has 118 valence electrons. The van der Waals surface area contributed by atoms with Crippen LogP contribution in [0.3, 0.4) is 0 Å². The van der Waals surface area contributed by atoms with E-state index in [4.69, 9.17) is 0 Å². The summed E-state index contributed by atoms with van der Waals surface area (Å²) in [7, 11) is 0. The van der Waals surface area contributed by atoms with E-state index in [1.165, 1.54) is 11.3 Å². The summed E-state index contributed by atoms with van der Waals surface area (Å²) in [5, 5.41) is 16.1. The highest BCUT2D eigenvalue weighted by molar-refractivity contribution is 7.09. The standard InChI is InChI=1S/C17H22N2O2S/c1-3-14(15-18-11-12-22-15)19-16(20)17(2,21)10-9-13-7-5-4-6-8-13/h4-8,11-12,14,21H,3,9-10H2,1-2H3,(H,19,20)/t14-,17+/m0/s1. The van der Waals surface area contributed by atoms with E-state index in [1.54, 1.807) is 13.1 Å². The molecule has 1 aromatic heterocycles. The molecule has 2 N–H and O–H groups in total. The Hall–Kier alpha value is -1.72. The Morgan fingerprint density at radius 1 is 1.41 bits per heavy atom. The molecule has 1 amide bonds. The fourth-order valence-corrected chi connectivity index (χ4v) is 2.98. The second kappa shape index (κ2) is 7.51. The SMILES string of the molecule is CC[C@H](NC(=O)[C@](C)(O)CCc1ccccc1)c1nccs1. The number of hydrogen-bond donors (Lipinski definition) is 2. The molecule has 0 aliphatic heterocycles. The van der Waals surface area contributed by atoms with Gasteiger partial charge in [-0.2, -0.15) is 0 Å². The number of aromatic nitrogens is 1. The smallest absolute Gasteiger partial charge is 0.252 e. The molecule has 0 fully saturated rings. The van der Waals surface area contributed by atoms with Crippen molar-refractivity contribution in [3.05, 3.63) is 52.5 Å². The van der Waals surface area contributed by atoms with Crippen LogP contribution < -0.4 is 5.32 Å². The Bertz CT molecular complexity index is 582. The van der Waals surface area contributed by atoms with Gasteiger partial charge in [0.15, 0.2) is 0 Å². The minimum absolute atomic E-state index is 0.143. The van der Waals surface area contributed by atoms with Crippen LogP contribution in [-0.2, 0) is 11.2 Å². The third-order valence-electron chi connectivity index (χ3n) is 3.70. The van der Waals surface area contributed by atoms with E-state index in [2.05, 4.69) is 10.3 Å². The van der Waals surface area contributed by atoms with Crippen molar-refractivity contribution in [3.8, 4) is 0 Å². The van der Waals surface area contributed by atoms with Crippen molar-refractivity contribution in [2.24, 2.45) is 0 Å². The van der Waals surface area contributed by atoms with Crippen molar-refractivity contribution in [3.63, 3.8) is 0 Å². The number of amides is 1. The van der Waals surface area contributed by atoms with Gasteiger partial charge in [0.2, 0.25) is 0 Å². The van der Waals surface area contributed by atoms with Gasteiger partial charge < -0.3 is 10.4 Å². The summed E-state index contributed by atoms with van der Waals surface area (Å²) in [4.78, 5) is 16.6. The lowest BCUT2D eigenvalue weighted by Gasteiger charge is -2.25. The highest BCUT2D eigenvalue weighted by Gasteiger charge is 2.31. The molecule has 5 heteroatoms. The van der Waals surface area contributed by atoms with Crippen molar-refractivity contribution in [2.75, 3.05) is 0 Å². The van der Waals surface area contributed by atoms with Gasteiger partial charge in [-0.15, -0.1) is 11.3 Å². The van der Waals surface area contributed by atoms with E-state index in [9.17, 15) is 9.90 Å².